The summed E-state index contributed by atoms with van der Waals surface area (Å²) >= 11 is 0. The fourth-order valence-corrected chi connectivity index (χ4v) is 0.354. The summed E-state index contributed by atoms with van der Waals surface area (Å²) in [5.74, 6) is 0.912. The SMILES string of the molecule is N.NCC1CC1. The van der Waals surface area contributed by atoms with Gasteiger partial charge in [-0.2, -0.15) is 0 Å². The maximum absolute atomic E-state index is 5.23. The number of nitrogens with two attached hydrogens (primary N) is 1. The Morgan fingerprint density at radius 1 is 1.50 bits per heavy atom. The van der Waals surface area contributed by atoms with Gasteiger partial charge in [0.2, 0.25) is 0 Å². The standard InChI is InChI=1S/C4H9N.H3N/c5-3-4-1-2-4;/h4H,1-3,5H2;1H3. The van der Waals surface area contributed by atoms with Gasteiger partial charge in [0.1, 0.15) is 0 Å². The molecule has 0 unspecified atom stereocenters. The molecule has 0 spiro atoms. The lowest BCUT2D eigenvalue weighted by Gasteiger charge is -1.74. The Kier molecular flexibility index (Phi) is 2.13. The monoisotopic (exact) mass is 88.1 g/mol. The molecule has 1 saturated carbocycles. The third-order valence-electron chi connectivity index (χ3n) is 1.03. The number of rotatable bonds is 1. The van der Waals surface area contributed by atoms with Gasteiger partial charge in [-0.3, -0.25) is 0 Å². The highest BCUT2D eigenvalue weighted by molar-refractivity contribution is 4.72. The molecule has 0 saturated heterocycles. The minimum Gasteiger partial charge on any atom is -0.344 e. The molecule has 6 heavy (non-hydrogen) atoms. The van der Waals surface area contributed by atoms with Gasteiger partial charge in [0.05, 0.1) is 0 Å². The molecule has 0 amide bonds. The number of hydrogen-bond donors (Lipinski definition) is 2. The molecule has 2 heteroatoms. The first-order chi connectivity index (χ1) is 2.43. The second-order valence-corrected chi connectivity index (χ2v) is 1.68. The molecule has 0 aliphatic heterocycles. The summed E-state index contributed by atoms with van der Waals surface area (Å²) in [5, 5.41) is 0. The van der Waals surface area contributed by atoms with Crippen molar-refractivity contribution in [1.29, 1.82) is 0 Å². The average Bonchev–Trinajstić information content (AvgIpc) is 2.12. The molecule has 1 rings (SSSR count). The Bertz CT molecular complexity index is 32.5. The fourth-order valence-electron chi connectivity index (χ4n) is 0.354. The first-order valence-electron chi connectivity index (χ1n) is 2.13. The van der Waals surface area contributed by atoms with Crippen molar-refractivity contribution in [2.75, 3.05) is 6.54 Å². The van der Waals surface area contributed by atoms with Crippen molar-refractivity contribution in [2.45, 2.75) is 12.8 Å². The molecule has 0 aromatic rings. The van der Waals surface area contributed by atoms with E-state index in [-0.39, 0.29) is 6.15 Å². The van der Waals surface area contributed by atoms with E-state index in [1.807, 2.05) is 0 Å². The van der Waals surface area contributed by atoms with Crippen LogP contribution in [-0.4, -0.2) is 6.54 Å². The van der Waals surface area contributed by atoms with Crippen LogP contribution < -0.4 is 11.9 Å². The molecule has 38 valence electrons. The van der Waals surface area contributed by atoms with Crippen molar-refractivity contribution in [3.63, 3.8) is 0 Å². The highest BCUT2D eigenvalue weighted by Crippen LogP contribution is 2.26. The topological polar surface area (TPSA) is 61.0 Å². The van der Waals surface area contributed by atoms with E-state index < -0.39 is 0 Å². The van der Waals surface area contributed by atoms with Crippen molar-refractivity contribution in [3.8, 4) is 0 Å². The Morgan fingerprint density at radius 3 is 2.00 bits per heavy atom. The van der Waals surface area contributed by atoms with Crippen LogP contribution in [0.15, 0.2) is 0 Å². The van der Waals surface area contributed by atoms with Crippen LogP contribution in [-0.2, 0) is 0 Å². The van der Waals surface area contributed by atoms with Gasteiger partial charge < -0.3 is 11.9 Å². The van der Waals surface area contributed by atoms with E-state index in [0.29, 0.717) is 0 Å². The van der Waals surface area contributed by atoms with Crippen molar-refractivity contribution in [3.05, 3.63) is 0 Å². The van der Waals surface area contributed by atoms with Crippen LogP contribution in [0.25, 0.3) is 0 Å². The highest BCUT2D eigenvalue weighted by atomic mass is 14.6. The molecule has 0 bridgehead atoms. The van der Waals surface area contributed by atoms with E-state index in [1.165, 1.54) is 12.8 Å². The van der Waals surface area contributed by atoms with Crippen molar-refractivity contribution >= 4 is 0 Å². The zero-order valence-electron chi connectivity index (χ0n) is 3.98. The first kappa shape index (κ1) is 5.92. The Balaban J connectivity index is 0.000000250. The fraction of sp³-hybridized carbons (Fsp3) is 1.00. The van der Waals surface area contributed by atoms with Gasteiger partial charge in [-0.15, -0.1) is 0 Å². The molecule has 5 N–H and O–H groups in total. The summed E-state index contributed by atoms with van der Waals surface area (Å²) in [6, 6.07) is 0. The van der Waals surface area contributed by atoms with Crippen LogP contribution in [0.4, 0.5) is 0 Å². The lowest BCUT2D eigenvalue weighted by molar-refractivity contribution is 0.847. The van der Waals surface area contributed by atoms with E-state index in [0.717, 1.165) is 12.5 Å². The third kappa shape index (κ3) is 1.38. The summed E-state index contributed by atoms with van der Waals surface area (Å²) in [6.07, 6.45) is 2.77. The van der Waals surface area contributed by atoms with E-state index >= 15 is 0 Å². The first-order valence-corrected chi connectivity index (χ1v) is 2.13. The minimum atomic E-state index is 0. The highest BCUT2D eigenvalue weighted by Gasteiger charge is 2.17. The zero-order chi connectivity index (χ0) is 3.70. The summed E-state index contributed by atoms with van der Waals surface area (Å²) in [7, 11) is 0. The van der Waals surface area contributed by atoms with Crippen molar-refractivity contribution < 1.29 is 0 Å². The quantitative estimate of drug-likeness (QED) is 0.490. The Hall–Kier alpha value is -0.0800. The van der Waals surface area contributed by atoms with Gasteiger partial charge in [-0.1, -0.05) is 0 Å². The van der Waals surface area contributed by atoms with E-state index in [1.54, 1.807) is 0 Å². The normalized spacial score (nSPS) is 19.5. The predicted octanol–water partition coefficient (Wildman–Crippen LogP) is 0.517. The van der Waals surface area contributed by atoms with Gasteiger partial charge in [0.25, 0.3) is 0 Å². The molecule has 2 nitrogen and oxygen atoms in total. The predicted molar refractivity (Wildman–Crippen MR) is 26.8 cm³/mol. The van der Waals surface area contributed by atoms with Crippen LogP contribution in [0.3, 0.4) is 0 Å². The van der Waals surface area contributed by atoms with Gasteiger partial charge in [0, 0.05) is 0 Å². The van der Waals surface area contributed by atoms with Crippen LogP contribution >= 0.6 is 0 Å². The molecule has 0 heterocycles. The van der Waals surface area contributed by atoms with Gasteiger partial charge >= 0.3 is 0 Å². The average molecular weight is 88.2 g/mol. The van der Waals surface area contributed by atoms with Crippen molar-refractivity contribution in [2.24, 2.45) is 11.7 Å². The molecule has 0 aromatic heterocycles. The maximum atomic E-state index is 5.23. The molecule has 0 radical (unpaired) electrons. The summed E-state index contributed by atoms with van der Waals surface area (Å²) in [4.78, 5) is 0. The van der Waals surface area contributed by atoms with Gasteiger partial charge in [-0.25, -0.2) is 0 Å². The third-order valence-corrected chi connectivity index (χ3v) is 1.03. The smallest absolute Gasteiger partial charge is 0.00489 e. The second-order valence-electron chi connectivity index (χ2n) is 1.68. The largest absolute Gasteiger partial charge is 0.344 e. The molecule has 1 aliphatic rings. The molecule has 0 atom stereocenters. The second kappa shape index (κ2) is 2.16. The van der Waals surface area contributed by atoms with E-state index in [9.17, 15) is 0 Å². The summed E-state index contributed by atoms with van der Waals surface area (Å²) in [5.41, 5.74) is 5.23. The van der Waals surface area contributed by atoms with Gasteiger partial charge in [0.15, 0.2) is 0 Å². The maximum Gasteiger partial charge on any atom is -0.00489 e. The minimum absolute atomic E-state index is 0. The van der Waals surface area contributed by atoms with Gasteiger partial charge in [-0.05, 0) is 25.3 Å². The molecule has 0 aromatic carbocycles. The van der Waals surface area contributed by atoms with E-state index in [2.05, 4.69) is 0 Å². The van der Waals surface area contributed by atoms with Crippen LogP contribution in [0.5, 0.6) is 0 Å². The molecule has 1 fully saturated rings. The lowest BCUT2D eigenvalue weighted by Crippen LogP contribution is -1.98. The van der Waals surface area contributed by atoms with E-state index in [4.69, 9.17) is 5.73 Å². The van der Waals surface area contributed by atoms with Crippen LogP contribution in [0.2, 0.25) is 0 Å². The number of hydrogen-bond acceptors (Lipinski definition) is 2. The summed E-state index contributed by atoms with van der Waals surface area (Å²) in [6.45, 7) is 0.917. The van der Waals surface area contributed by atoms with Crippen molar-refractivity contribution in [1.82, 2.24) is 6.15 Å². The molecular weight excluding hydrogens is 76.1 g/mol. The van der Waals surface area contributed by atoms with Crippen LogP contribution in [0.1, 0.15) is 12.8 Å². The zero-order valence-corrected chi connectivity index (χ0v) is 3.98. The Morgan fingerprint density at radius 2 is 2.00 bits per heavy atom. The Labute approximate surface area is 38.3 Å². The summed E-state index contributed by atoms with van der Waals surface area (Å²) < 4.78 is 0. The molecular formula is C4H12N2. The molecule has 1 aliphatic carbocycles. The van der Waals surface area contributed by atoms with Crippen LogP contribution in [0, 0.1) is 5.92 Å². The lowest BCUT2D eigenvalue weighted by atomic mass is 10.5.